The fraction of sp³-hybridized carbons (Fsp3) is 0.444. The standard InChI is InChI=1S/C9H13N5S2/c1-5-9(16-14-13-5)8(12-10)3-7-4-15-6(2)11-7/h4,8,12H,3,10H2,1-2H3. The summed E-state index contributed by atoms with van der Waals surface area (Å²) in [6, 6.07) is 0.0431. The third-order valence-electron chi connectivity index (χ3n) is 2.28. The normalized spacial score (nSPS) is 12.9. The number of thiazole rings is 1. The monoisotopic (exact) mass is 255 g/mol. The molecule has 0 saturated carbocycles. The molecule has 2 heterocycles. The van der Waals surface area contributed by atoms with Crippen LogP contribution in [-0.4, -0.2) is 14.6 Å². The molecule has 0 radical (unpaired) electrons. The molecule has 7 heteroatoms. The van der Waals surface area contributed by atoms with Gasteiger partial charge in [-0.3, -0.25) is 11.3 Å². The van der Waals surface area contributed by atoms with Gasteiger partial charge in [0.25, 0.3) is 0 Å². The molecule has 5 nitrogen and oxygen atoms in total. The summed E-state index contributed by atoms with van der Waals surface area (Å²) in [7, 11) is 0. The van der Waals surface area contributed by atoms with Crippen molar-refractivity contribution in [3.8, 4) is 0 Å². The first kappa shape index (κ1) is 11.6. The van der Waals surface area contributed by atoms with Crippen LogP contribution in [0.15, 0.2) is 5.38 Å². The zero-order valence-corrected chi connectivity index (χ0v) is 10.7. The van der Waals surface area contributed by atoms with Gasteiger partial charge in [0.05, 0.1) is 27.3 Å². The van der Waals surface area contributed by atoms with Crippen LogP contribution < -0.4 is 11.3 Å². The van der Waals surface area contributed by atoms with Crippen LogP contribution in [0.4, 0.5) is 0 Å². The van der Waals surface area contributed by atoms with Crippen molar-refractivity contribution in [3.63, 3.8) is 0 Å². The Balaban J connectivity index is 2.15. The lowest BCUT2D eigenvalue weighted by molar-refractivity contribution is 0.552. The Morgan fingerprint density at radius 3 is 2.81 bits per heavy atom. The highest BCUT2D eigenvalue weighted by Crippen LogP contribution is 2.23. The Morgan fingerprint density at radius 1 is 1.50 bits per heavy atom. The summed E-state index contributed by atoms with van der Waals surface area (Å²) in [6.07, 6.45) is 0.769. The van der Waals surface area contributed by atoms with Gasteiger partial charge in [0, 0.05) is 11.8 Å². The van der Waals surface area contributed by atoms with E-state index in [0.29, 0.717) is 0 Å². The average Bonchev–Trinajstić information content (AvgIpc) is 2.84. The maximum Gasteiger partial charge on any atom is 0.0897 e. The van der Waals surface area contributed by atoms with E-state index in [0.717, 1.165) is 27.7 Å². The van der Waals surface area contributed by atoms with Crippen molar-refractivity contribution in [1.29, 1.82) is 0 Å². The van der Waals surface area contributed by atoms with Gasteiger partial charge in [-0.1, -0.05) is 4.49 Å². The summed E-state index contributed by atoms with van der Waals surface area (Å²) in [5.41, 5.74) is 4.78. The minimum atomic E-state index is 0.0431. The Labute approximate surface area is 102 Å². The van der Waals surface area contributed by atoms with Gasteiger partial charge in [0.15, 0.2) is 0 Å². The summed E-state index contributed by atoms with van der Waals surface area (Å²) < 4.78 is 3.92. The third-order valence-corrected chi connectivity index (χ3v) is 4.05. The van der Waals surface area contributed by atoms with E-state index in [1.165, 1.54) is 11.5 Å². The van der Waals surface area contributed by atoms with E-state index < -0.39 is 0 Å². The van der Waals surface area contributed by atoms with Crippen LogP contribution >= 0.6 is 22.9 Å². The van der Waals surface area contributed by atoms with E-state index >= 15 is 0 Å². The van der Waals surface area contributed by atoms with Crippen molar-refractivity contribution in [2.24, 2.45) is 5.84 Å². The zero-order chi connectivity index (χ0) is 11.5. The third kappa shape index (κ3) is 2.43. The lowest BCUT2D eigenvalue weighted by Crippen LogP contribution is -2.29. The molecule has 0 aliphatic rings. The number of hydrazine groups is 1. The molecule has 86 valence electrons. The molecule has 2 aromatic heterocycles. The number of nitrogens with two attached hydrogens (primary N) is 1. The maximum absolute atomic E-state index is 5.56. The number of hydrogen-bond acceptors (Lipinski definition) is 7. The molecular formula is C9H13N5S2. The summed E-state index contributed by atoms with van der Waals surface area (Å²) in [4.78, 5) is 5.50. The highest BCUT2D eigenvalue weighted by molar-refractivity contribution is 7.09. The second kappa shape index (κ2) is 4.96. The van der Waals surface area contributed by atoms with Gasteiger partial charge in [0.1, 0.15) is 0 Å². The first-order valence-corrected chi connectivity index (χ1v) is 6.52. The average molecular weight is 255 g/mol. The minimum Gasteiger partial charge on any atom is -0.271 e. The molecule has 1 atom stereocenters. The zero-order valence-electron chi connectivity index (χ0n) is 9.10. The number of aryl methyl sites for hydroxylation is 2. The minimum absolute atomic E-state index is 0.0431. The summed E-state index contributed by atoms with van der Waals surface area (Å²) in [5, 5.41) is 7.12. The van der Waals surface area contributed by atoms with Crippen molar-refractivity contribution in [3.05, 3.63) is 26.7 Å². The van der Waals surface area contributed by atoms with E-state index in [1.54, 1.807) is 11.3 Å². The van der Waals surface area contributed by atoms with Crippen molar-refractivity contribution in [2.45, 2.75) is 26.3 Å². The number of nitrogens with one attached hydrogen (secondary N) is 1. The van der Waals surface area contributed by atoms with E-state index in [2.05, 4.69) is 25.4 Å². The SMILES string of the molecule is Cc1nc(CC(NN)c2snnc2C)cs1. The fourth-order valence-corrected chi connectivity index (χ4v) is 2.82. The van der Waals surface area contributed by atoms with Gasteiger partial charge >= 0.3 is 0 Å². The van der Waals surface area contributed by atoms with Gasteiger partial charge in [0.2, 0.25) is 0 Å². The predicted molar refractivity (Wildman–Crippen MR) is 65.3 cm³/mol. The highest BCUT2D eigenvalue weighted by Gasteiger charge is 2.17. The van der Waals surface area contributed by atoms with E-state index in [9.17, 15) is 0 Å². The lowest BCUT2D eigenvalue weighted by Gasteiger charge is -2.12. The van der Waals surface area contributed by atoms with Gasteiger partial charge in [-0.05, 0) is 25.4 Å². The molecule has 2 aromatic rings. The molecule has 2 rings (SSSR count). The second-order valence-electron chi connectivity index (χ2n) is 3.50. The van der Waals surface area contributed by atoms with Crippen LogP contribution in [0, 0.1) is 13.8 Å². The van der Waals surface area contributed by atoms with E-state index in [4.69, 9.17) is 5.84 Å². The molecule has 3 N–H and O–H groups in total. The summed E-state index contributed by atoms with van der Waals surface area (Å²) >= 11 is 3.03. The van der Waals surface area contributed by atoms with Crippen LogP contribution in [-0.2, 0) is 6.42 Å². The van der Waals surface area contributed by atoms with Crippen LogP contribution in [0.3, 0.4) is 0 Å². The molecule has 0 saturated heterocycles. The molecule has 0 aliphatic carbocycles. The van der Waals surface area contributed by atoms with Crippen molar-refractivity contribution >= 4 is 22.9 Å². The number of nitrogens with zero attached hydrogens (tertiary/aromatic N) is 3. The first-order chi connectivity index (χ1) is 7.70. The molecule has 16 heavy (non-hydrogen) atoms. The van der Waals surface area contributed by atoms with Gasteiger partial charge in [-0.15, -0.1) is 16.4 Å². The molecular weight excluding hydrogens is 242 g/mol. The summed E-state index contributed by atoms with van der Waals surface area (Å²) in [5.74, 6) is 5.56. The molecule has 0 spiro atoms. The Hall–Kier alpha value is -0.890. The smallest absolute Gasteiger partial charge is 0.0897 e. The molecule has 0 fully saturated rings. The Bertz CT molecular complexity index is 464. The van der Waals surface area contributed by atoms with Gasteiger partial charge < -0.3 is 0 Å². The fourth-order valence-electron chi connectivity index (χ4n) is 1.50. The quantitative estimate of drug-likeness (QED) is 0.637. The van der Waals surface area contributed by atoms with Crippen molar-refractivity contribution < 1.29 is 0 Å². The number of hydrogen-bond donors (Lipinski definition) is 2. The topological polar surface area (TPSA) is 76.7 Å². The number of rotatable bonds is 4. The molecule has 0 bridgehead atoms. The van der Waals surface area contributed by atoms with Crippen LogP contribution in [0.1, 0.15) is 27.3 Å². The highest BCUT2D eigenvalue weighted by atomic mass is 32.1. The maximum atomic E-state index is 5.56. The largest absolute Gasteiger partial charge is 0.271 e. The van der Waals surface area contributed by atoms with Crippen LogP contribution in [0.2, 0.25) is 0 Å². The van der Waals surface area contributed by atoms with Crippen LogP contribution in [0.5, 0.6) is 0 Å². The molecule has 0 aliphatic heterocycles. The molecule has 0 amide bonds. The number of aromatic nitrogens is 3. The Kier molecular flexibility index (Phi) is 3.59. The first-order valence-electron chi connectivity index (χ1n) is 4.86. The van der Waals surface area contributed by atoms with Crippen LogP contribution in [0.25, 0.3) is 0 Å². The molecule has 1 unspecified atom stereocenters. The van der Waals surface area contributed by atoms with E-state index in [1.807, 2.05) is 13.8 Å². The Morgan fingerprint density at radius 2 is 2.31 bits per heavy atom. The summed E-state index contributed by atoms with van der Waals surface area (Å²) in [6.45, 7) is 3.94. The van der Waals surface area contributed by atoms with Crippen molar-refractivity contribution in [1.82, 2.24) is 20.0 Å². The van der Waals surface area contributed by atoms with E-state index in [-0.39, 0.29) is 6.04 Å². The van der Waals surface area contributed by atoms with Gasteiger partial charge in [-0.2, -0.15) is 0 Å². The second-order valence-corrected chi connectivity index (χ2v) is 5.35. The molecule has 0 aromatic carbocycles. The van der Waals surface area contributed by atoms with Crippen molar-refractivity contribution in [2.75, 3.05) is 0 Å². The van der Waals surface area contributed by atoms with Gasteiger partial charge in [-0.25, -0.2) is 4.98 Å². The predicted octanol–water partition coefficient (Wildman–Crippen LogP) is 1.36. The lowest BCUT2D eigenvalue weighted by atomic mass is 10.1.